The quantitative estimate of drug-likeness (QED) is 0.107. The fraction of sp³-hybridized carbons (Fsp3) is 0.744. The van der Waals surface area contributed by atoms with E-state index < -0.39 is 83.2 Å². The van der Waals surface area contributed by atoms with Crippen molar-refractivity contribution >= 4 is 47.4 Å². The number of nitrogens with zero attached hydrogens (tertiary/aromatic N) is 4. The Hall–Kier alpha value is -4.54. The van der Waals surface area contributed by atoms with Crippen molar-refractivity contribution in [1.29, 1.82) is 0 Å². The van der Waals surface area contributed by atoms with Crippen LogP contribution >= 0.6 is 0 Å². The van der Waals surface area contributed by atoms with Gasteiger partial charge in [-0.2, -0.15) is 0 Å². The third-order valence-corrected chi connectivity index (χ3v) is 9.33. The fourth-order valence-electron chi connectivity index (χ4n) is 5.80. The van der Waals surface area contributed by atoms with Crippen LogP contribution in [0.3, 0.4) is 0 Å². The summed E-state index contributed by atoms with van der Waals surface area (Å²) in [6, 6.07) is -6.47. The second-order valence-electron chi connectivity index (χ2n) is 16.3. The second kappa shape index (κ2) is 22.9. The number of hydrogen-bond acceptors (Lipinski definition) is 9. The highest BCUT2D eigenvalue weighted by atomic mass is 16.3. The zero-order valence-electron chi connectivity index (χ0n) is 36.4. The minimum atomic E-state index is -1.43. The zero-order chi connectivity index (χ0) is 44.0. The molecule has 0 fully saturated rings. The van der Waals surface area contributed by atoms with Crippen LogP contribution in [0.25, 0.3) is 0 Å². The summed E-state index contributed by atoms with van der Waals surface area (Å²) in [6.07, 6.45) is 1.04. The summed E-state index contributed by atoms with van der Waals surface area (Å²) in [5, 5.41) is 20.8. The second-order valence-corrected chi connectivity index (χ2v) is 16.3. The van der Waals surface area contributed by atoms with Gasteiger partial charge in [-0.1, -0.05) is 55.0 Å². The van der Waals surface area contributed by atoms with Gasteiger partial charge in [-0.25, -0.2) is 4.79 Å². The van der Waals surface area contributed by atoms with Crippen molar-refractivity contribution in [2.45, 2.75) is 137 Å². The Kier molecular flexibility index (Phi) is 21.0. The first-order valence-corrected chi connectivity index (χ1v) is 19.2. The van der Waals surface area contributed by atoms with Crippen molar-refractivity contribution in [3.63, 3.8) is 0 Å². The number of amides is 9. The van der Waals surface area contributed by atoms with E-state index in [4.69, 9.17) is 0 Å². The van der Waals surface area contributed by atoms with E-state index in [1.165, 1.54) is 60.9 Å². The summed E-state index contributed by atoms with van der Waals surface area (Å²) in [7, 11) is 7.01. The van der Waals surface area contributed by atoms with Crippen LogP contribution in [-0.4, -0.2) is 143 Å². The van der Waals surface area contributed by atoms with Gasteiger partial charge >= 0.3 is 6.03 Å². The molecule has 0 aliphatic carbocycles. The molecule has 17 nitrogen and oxygen atoms in total. The van der Waals surface area contributed by atoms with Crippen LogP contribution in [0, 0.1) is 17.8 Å². The van der Waals surface area contributed by atoms with E-state index in [0.29, 0.717) is 12.8 Å². The van der Waals surface area contributed by atoms with Gasteiger partial charge in [-0.15, -0.1) is 0 Å². The molecule has 0 saturated carbocycles. The van der Waals surface area contributed by atoms with Crippen molar-refractivity contribution in [1.82, 2.24) is 40.9 Å². The molecule has 320 valence electrons. The molecule has 9 amide bonds. The SMILES string of the molecule is C=C(C(=O)N(C)[C@@H](CC(C)(C)O)C(=O)N[C@H](C(=O)N(C)[C@@H](CC(C)C)C(=O)N[C@H](C)C(=O)NC(=O)N(C)[C@@H](CC(C)C)C(=O)NC)C(C)C)N(C)C(=O)CCC. The van der Waals surface area contributed by atoms with Gasteiger partial charge < -0.3 is 40.7 Å². The summed E-state index contributed by atoms with van der Waals surface area (Å²) in [4.78, 5) is 111. The molecule has 0 aromatic heterocycles. The first-order chi connectivity index (χ1) is 25.6. The summed E-state index contributed by atoms with van der Waals surface area (Å²) in [5.74, 6) is -4.88. The third-order valence-electron chi connectivity index (χ3n) is 9.33. The van der Waals surface area contributed by atoms with Gasteiger partial charge in [0, 0.05) is 48.1 Å². The molecule has 56 heavy (non-hydrogen) atoms. The van der Waals surface area contributed by atoms with Crippen LogP contribution in [0.5, 0.6) is 0 Å². The van der Waals surface area contributed by atoms with Gasteiger partial charge in [-0.05, 0) is 57.8 Å². The van der Waals surface area contributed by atoms with Crippen molar-refractivity contribution in [2.24, 2.45) is 17.8 Å². The van der Waals surface area contributed by atoms with E-state index >= 15 is 0 Å². The molecule has 0 radical (unpaired) electrons. The molecule has 0 spiro atoms. The Morgan fingerprint density at radius 3 is 1.61 bits per heavy atom. The van der Waals surface area contributed by atoms with E-state index in [2.05, 4.69) is 27.8 Å². The molecular weight excluding hydrogens is 724 g/mol. The Labute approximate surface area is 333 Å². The summed E-state index contributed by atoms with van der Waals surface area (Å²) in [5.41, 5.74) is -1.60. The zero-order valence-corrected chi connectivity index (χ0v) is 36.4. The minimum Gasteiger partial charge on any atom is -0.390 e. The molecular formula is C39H70N8O9. The van der Waals surface area contributed by atoms with Gasteiger partial charge in [-0.3, -0.25) is 38.9 Å². The van der Waals surface area contributed by atoms with Gasteiger partial charge in [0.15, 0.2) is 0 Å². The fourth-order valence-corrected chi connectivity index (χ4v) is 5.80. The van der Waals surface area contributed by atoms with Crippen LogP contribution in [0.15, 0.2) is 12.3 Å². The molecule has 0 unspecified atom stereocenters. The number of urea groups is 1. The van der Waals surface area contributed by atoms with Gasteiger partial charge in [0.1, 0.15) is 35.9 Å². The first kappa shape index (κ1) is 51.5. The number of nitrogens with one attached hydrogen (secondary N) is 4. The Balaban J connectivity index is 6.28. The van der Waals surface area contributed by atoms with Gasteiger partial charge in [0.25, 0.3) is 5.91 Å². The highest BCUT2D eigenvalue weighted by molar-refractivity contribution is 6.01. The van der Waals surface area contributed by atoms with Crippen molar-refractivity contribution in [3.05, 3.63) is 12.3 Å². The van der Waals surface area contributed by atoms with Gasteiger partial charge in [0.05, 0.1) is 5.60 Å². The standard InChI is InChI=1S/C39H70N8O9/c1-17-18-30(48)44(13)26(9)36(53)46(15)29(21-39(10,11)56)35(52)42-31(24(6)7)37(54)45(14)28(20-23(4)5)34(51)41-25(8)32(49)43-38(55)47(16)27(19-22(2)3)33(50)40-12/h22-25,27-29,31,56H,9,17-21H2,1-8,10-16H3,(H,40,50)(H,41,51)(H,42,52)(H,43,49,55)/t25-,27+,28+,29+,31+/m1/s1. The van der Waals surface area contributed by atoms with Crippen LogP contribution in [-0.2, 0) is 33.6 Å². The average Bonchev–Trinajstić information content (AvgIpc) is 3.10. The van der Waals surface area contributed by atoms with Crippen LogP contribution in [0.2, 0.25) is 0 Å². The number of hydrogen-bond donors (Lipinski definition) is 5. The lowest BCUT2D eigenvalue weighted by Gasteiger charge is -2.36. The molecule has 0 heterocycles. The lowest BCUT2D eigenvalue weighted by molar-refractivity contribution is -0.146. The van der Waals surface area contributed by atoms with Crippen molar-refractivity contribution in [3.8, 4) is 0 Å². The van der Waals surface area contributed by atoms with Gasteiger partial charge in [0.2, 0.25) is 35.4 Å². The van der Waals surface area contributed by atoms with E-state index in [1.54, 1.807) is 13.8 Å². The molecule has 5 N–H and O–H groups in total. The minimum absolute atomic E-state index is 0.0724. The van der Waals surface area contributed by atoms with E-state index in [-0.39, 0.29) is 42.7 Å². The molecule has 0 aliphatic rings. The average molecular weight is 795 g/mol. The Morgan fingerprint density at radius 1 is 0.696 bits per heavy atom. The van der Waals surface area contributed by atoms with E-state index in [0.717, 1.165) is 14.7 Å². The molecule has 5 atom stereocenters. The number of carbonyl (C=O) groups is 8. The highest BCUT2D eigenvalue weighted by Gasteiger charge is 2.39. The highest BCUT2D eigenvalue weighted by Crippen LogP contribution is 2.20. The molecule has 0 bridgehead atoms. The normalized spacial score (nSPS) is 14.1. The maximum Gasteiger partial charge on any atom is 0.324 e. The summed E-state index contributed by atoms with van der Waals surface area (Å²) < 4.78 is 0. The first-order valence-electron chi connectivity index (χ1n) is 19.2. The molecule has 0 aliphatic heterocycles. The van der Waals surface area contributed by atoms with Crippen molar-refractivity contribution < 1.29 is 43.5 Å². The lowest BCUT2D eigenvalue weighted by atomic mass is 9.95. The smallest absolute Gasteiger partial charge is 0.324 e. The number of aliphatic hydroxyl groups is 1. The van der Waals surface area contributed by atoms with E-state index in [9.17, 15) is 43.5 Å². The van der Waals surface area contributed by atoms with Crippen LogP contribution in [0.1, 0.15) is 101 Å². The number of imide groups is 1. The number of likely N-dealkylation sites (N-methyl/N-ethyl adjacent to an activating group) is 5. The van der Waals surface area contributed by atoms with E-state index in [1.807, 2.05) is 34.6 Å². The molecule has 0 saturated heterocycles. The molecule has 0 aromatic carbocycles. The molecule has 0 rings (SSSR count). The number of carbonyl (C=O) groups excluding carboxylic acids is 8. The molecule has 17 heteroatoms. The topological polar surface area (TPSA) is 218 Å². The largest absolute Gasteiger partial charge is 0.390 e. The maximum absolute atomic E-state index is 14.1. The molecule has 0 aromatic rings. The Bertz CT molecular complexity index is 1430. The van der Waals surface area contributed by atoms with Crippen LogP contribution in [0.4, 0.5) is 4.79 Å². The predicted octanol–water partition coefficient (Wildman–Crippen LogP) is 1.59. The van der Waals surface area contributed by atoms with Crippen molar-refractivity contribution in [2.75, 3.05) is 35.2 Å². The maximum atomic E-state index is 14.1. The third kappa shape index (κ3) is 15.9. The van der Waals surface area contributed by atoms with Crippen LogP contribution < -0.4 is 21.3 Å². The summed E-state index contributed by atoms with van der Waals surface area (Å²) in [6.45, 7) is 20.8. The Morgan fingerprint density at radius 2 is 1.18 bits per heavy atom. The summed E-state index contributed by atoms with van der Waals surface area (Å²) >= 11 is 0. The predicted molar refractivity (Wildman–Crippen MR) is 213 cm³/mol. The number of rotatable bonds is 21. The monoisotopic (exact) mass is 795 g/mol. The lowest BCUT2D eigenvalue weighted by Crippen LogP contribution is -2.60.